The monoisotopic (exact) mass is 297 g/mol. The van der Waals surface area contributed by atoms with Crippen molar-refractivity contribution in [3.8, 4) is 0 Å². The van der Waals surface area contributed by atoms with Crippen LogP contribution in [0.15, 0.2) is 41.3 Å². The van der Waals surface area contributed by atoms with Crippen molar-refractivity contribution in [3.05, 3.63) is 52.0 Å². The summed E-state index contributed by atoms with van der Waals surface area (Å²) in [4.78, 5) is 8.25. The second-order valence-corrected chi connectivity index (χ2v) is 4.50. The van der Waals surface area contributed by atoms with Gasteiger partial charge in [-0.15, -0.1) is 0 Å². The molecule has 2 aromatic heterocycles. The molecule has 0 atom stereocenters. The van der Waals surface area contributed by atoms with E-state index in [1.165, 1.54) is 0 Å². The molecule has 0 aromatic carbocycles. The molecule has 2 rings (SSSR count). The Morgan fingerprint density at radius 3 is 2.81 bits per heavy atom. The lowest BCUT2D eigenvalue weighted by molar-refractivity contribution is 1.04. The summed E-state index contributed by atoms with van der Waals surface area (Å²) in [6.07, 6.45) is 5.12. The molecular weight excluding hydrogens is 289 g/mol. The maximum Gasteiger partial charge on any atom is 0.0719 e. The molecule has 0 saturated heterocycles. The number of hydrogen-bond acceptors (Lipinski definition) is 3. The molecule has 0 aliphatic carbocycles. The first-order chi connectivity index (χ1) is 7.75. The predicted octanol–water partition coefficient (Wildman–Crippen LogP) is 3.50. The number of rotatable bonds is 3. The predicted molar refractivity (Wildman–Crippen MR) is 68.5 cm³/mol. The average Bonchev–Trinajstić information content (AvgIpc) is 2.30. The minimum absolute atomic E-state index is 0.624. The van der Waals surface area contributed by atoms with E-state index in [0.29, 0.717) is 11.6 Å². The number of nitrogens with zero attached hydrogens (tertiary/aromatic N) is 2. The first-order valence-corrected chi connectivity index (χ1v) is 5.86. The van der Waals surface area contributed by atoms with Crippen LogP contribution in [0.2, 0.25) is 5.02 Å². The van der Waals surface area contributed by atoms with E-state index in [2.05, 4.69) is 31.2 Å². The summed E-state index contributed by atoms with van der Waals surface area (Å²) in [6.45, 7) is 0.624. The molecule has 0 spiro atoms. The van der Waals surface area contributed by atoms with Crippen molar-refractivity contribution in [2.45, 2.75) is 6.54 Å². The fourth-order valence-corrected chi connectivity index (χ4v) is 1.61. The third-order valence-corrected chi connectivity index (χ3v) is 2.82. The highest BCUT2D eigenvalue weighted by molar-refractivity contribution is 9.10. The zero-order chi connectivity index (χ0) is 11.4. The average molecular weight is 299 g/mol. The number of aromatic nitrogens is 2. The van der Waals surface area contributed by atoms with Gasteiger partial charge in [0.25, 0.3) is 0 Å². The van der Waals surface area contributed by atoms with Gasteiger partial charge in [-0.1, -0.05) is 11.6 Å². The van der Waals surface area contributed by atoms with Gasteiger partial charge in [0.1, 0.15) is 0 Å². The molecular formula is C11H9BrClN3. The van der Waals surface area contributed by atoms with Crippen LogP contribution in [0.4, 0.5) is 5.69 Å². The van der Waals surface area contributed by atoms with Gasteiger partial charge >= 0.3 is 0 Å². The van der Waals surface area contributed by atoms with Crippen LogP contribution in [0.5, 0.6) is 0 Å². The van der Waals surface area contributed by atoms with Crippen LogP contribution in [-0.2, 0) is 6.54 Å². The Morgan fingerprint density at radius 1 is 1.25 bits per heavy atom. The molecule has 0 aliphatic heterocycles. The second kappa shape index (κ2) is 5.27. The molecule has 0 radical (unpaired) electrons. The smallest absolute Gasteiger partial charge is 0.0719 e. The summed E-state index contributed by atoms with van der Waals surface area (Å²) < 4.78 is 0.968. The summed E-state index contributed by atoms with van der Waals surface area (Å²) in [5.41, 5.74) is 1.76. The number of hydrogen-bond donors (Lipinski definition) is 1. The van der Waals surface area contributed by atoms with Crippen molar-refractivity contribution in [2.75, 3.05) is 5.32 Å². The third kappa shape index (κ3) is 2.93. The first kappa shape index (κ1) is 11.4. The van der Waals surface area contributed by atoms with Gasteiger partial charge in [-0.3, -0.25) is 9.97 Å². The van der Waals surface area contributed by atoms with E-state index in [1.807, 2.05) is 12.1 Å². The molecule has 5 heteroatoms. The van der Waals surface area contributed by atoms with Crippen molar-refractivity contribution in [1.82, 2.24) is 9.97 Å². The van der Waals surface area contributed by atoms with Gasteiger partial charge in [-0.25, -0.2) is 0 Å². The van der Waals surface area contributed by atoms with Gasteiger partial charge in [0.15, 0.2) is 0 Å². The number of halogens is 2. The lowest BCUT2D eigenvalue weighted by Gasteiger charge is -2.06. The van der Waals surface area contributed by atoms with Crippen LogP contribution >= 0.6 is 27.5 Å². The van der Waals surface area contributed by atoms with E-state index in [0.717, 1.165) is 15.9 Å². The zero-order valence-corrected chi connectivity index (χ0v) is 10.7. The SMILES string of the molecule is Clc1ccncc1NCc1ccc(Br)cn1. The van der Waals surface area contributed by atoms with Crippen LogP contribution in [0, 0.1) is 0 Å². The molecule has 16 heavy (non-hydrogen) atoms. The summed E-state index contributed by atoms with van der Waals surface area (Å²) in [7, 11) is 0. The lowest BCUT2D eigenvalue weighted by Crippen LogP contribution is -2.01. The van der Waals surface area contributed by atoms with E-state index < -0.39 is 0 Å². The fraction of sp³-hybridized carbons (Fsp3) is 0.0909. The molecule has 82 valence electrons. The van der Waals surface area contributed by atoms with E-state index in [1.54, 1.807) is 24.7 Å². The van der Waals surface area contributed by atoms with Crippen LogP contribution in [0.25, 0.3) is 0 Å². The molecule has 2 aromatic rings. The zero-order valence-electron chi connectivity index (χ0n) is 8.32. The highest BCUT2D eigenvalue weighted by Crippen LogP contribution is 2.19. The van der Waals surface area contributed by atoms with Crippen LogP contribution < -0.4 is 5.32 Å². The molecule has 3 nitrogen and oxygen atoms in total. The topological polar surface area (TPSA) is 37.8 Å². The Hall–Kier alpha value is -1.13. The normalized spacial score (nSPS) is 10.1. The standard InChI is InChI=1S/C11H9BrClN3/c12-8-1-2-9(15-5-8)6-16-11-7-14-4-3-10(11)13/h1-5,7,16H,6H2. The summed E-state index contributed by atoms with van der Waals surface area (Å²) in [5.74, 6) is 0. The van der Waals surface area contributed by atoms with Crippen molar-refractivity contribution in [3.63, 3.8) is 0 Å². The van der Waals surface area contributed by atoms with Gasteiger partial charge in [0.05, 0.1) is 29.1 Å². The molecule has 0 amide bonds. The van der Waals surface area contributed by atoms with E-state index in [9.17, 15) is 0 Å². The second-order valence-electron chi connectivity index (χ2n) is 3.18. The van der Waals surface area contributed by atoms with Gasteiger partial charge in [-0.05, 0) is 34.1 Å². The van der Waals surface area contributed by atoms with Gasteiger partial charge in [-0.2, -0.15) is 0 Å². The van der Waals surface area contributed by atoms with Crippen molar-refractivity contribution >= 4 is 33.2 Å². The lowest BCUT2D eigenvalue weighted by atomic mass is 10.3. The minimum atomic E-state index is 0.624. The number of nitrogens with one attached hydrogen (secondary N) is 1. The Labute approximate surface area is 107 Å². The van der Waals surface area contributed by atoms with Crippen LogP contribution in [0.1, 0.15) is 5.69 Å². The van der Waals surface area contributed by atoms with Crippen molar-refractivity contribution < 1.29 is 0 Å². The minimum Gasteiger partial charge on any atom is -0.377 e. The number of anilines is 1. The van der Waals surface area contributed by atoms with Crippen molar-refractivity contribution in [2.24, 2.45) is 0 Å². The summed E-state index contributed by atoms with van der Waals surface area (Å²) >= 11 is 9.32. The number of pyridine rings is 2. The first-order valence-electron chi connectivity index (χ1n) is 4.69. The Kier molecular flexibility index (Phi) is 3.74. The molecule has 0 saturated carbocycles. The highest BCUT2D eigenvalue weighted by atomic mass is 79.9. The Bertz CT molecular complexity index is 473. The van der Waals surface area contributed by atoms with Crippen molar-refractivity contribution in [1.29, 1.82) is 0 Å². The molecule has 0 aliphatic rings. The molecule has 2 heterocycles. The molecule has 0 fully saturated rings. The maximum atomic E-state index is 5.99. The van der Waals surface area contributed by atoms with Gasteiger partial charge in [0.2, 0.25) is 0 Å². The molecule has 0 bridgehead atoms. The van der Waals surface area contributed by atoms with E-state index in [-0.39, 0.29) is 0 Å². The largest absolute Gasteiger partial charge is 0.377 e. The van der Waals surface area contributed by atoms with Crippen LogP contribution in [0.3, 0.4) is 0 Å². The van der Waals surface area contributed by atoms with Gasteiger partial charge in [0, 0.05) is 16.9 Å². The quantitative estimate of drug-likeness (QED) is 0.942. The highest BCUT2D eigenvalue weighted by Gasteiger charge is 1.99. The maximum absolute atomic E-state index is 5.99. The van der Waals surface area contributed by atoms with Gasteiger partial charge < -0.3 is 5.32 Å². The molecule has 0 unspecified atom stereocenters. The third-order valence-electron chi connectivity index (χ3n) is 2.02. The van der Waals surface area contributed by atoms with E-state index >= 15 is 0 Å². The van der Waals surface area contributed by atoms with Crippen LogP contribution in [-0.4, -0.2) is 9.97 Å². The van der Waals surface area contributed by atoms with E-state index in [4.69, 9.17) is 11.6 Å². The summed E-state index contributed by atoms with van der Waals surface area (Å²) in [6, 6.07) is 5.65. The fourth-order valence-electron chi connectivity index (χ4n) is 1.20. The Morgan fingerprint density at radius 2 is 2.12 bits per heavy atom. The summed E-state index contributed by atoms with van der Waals surface area (Å²) in [5, 5.41) is 3.84. The molecule has 1 N–H and O–H groups in total. The Balaban J connectivity index is 2.02.